The number of pyridine rings is 1. The number of aromatic nitrogens is 1. The van der Waals surface area contributed by atoms with E-state index in [1.54, 1.807) is 12.4 Å². The molecular formula is C15H17N3O. The molecule has 0 atom stereocenters. The highest BCUT2D eigenvalue weighted by atomic mass is 16.1. The SMILES string of the molecule is Cc1cncc(NC(=O)c2ccc(CCN)cc2)c1. The summed E-state index contributed by atoms with van der Waals surface area (Å²) < 4.78 is 0. The number of aryl methyl sites for hydroxylation is 1. The standard InChI is InChI=1S/C15H17N3O/c1-11-8-14(10-17-9-11)18-15(19)13-4-2-12(3-5-13)6-7-16/h2-5,8-10H,6-7,16H2,1H3,(H,18,19). The molecule has 4 heteroatoms. The van der Waals surface area contributed by atoms with Gasteiger partial charge in [0.2, 0.25) is 0 Å². The summed E-state index contributed by atoms with van der Waals surface area (Å²) in [5.41, 5.74) is 8.97. The van der Waals surface area contributed by atoms with Crippen LogP contribution in [-0.2, 0) is 6.42 Å². The van der Waals surface area contributed by atoms with Gasteiger partial charge in [0.15, 0.2) is 0 Å². The predicted octanol–water partition coefficient (Wildman–Crippen LogP) is 2.14. The molecule has 0 unspecified atom stereocenters. The number of carbonyl (C=O) groups excluding carboxylic acids is 1. The summed E-state index contributed by atoms with van der Waals surface area (Å²) in [5, 5.41) is 2.82. The van der Waals surface area contributed by atoms with Crippen molar-refractivity contribution in [2.24, 2.45) is 5.73 Å². The molecule has 0 saturated heterocycles. The van der Waals surface area contributed by atoms with Gasteiger partial charge in [-0.2, -0.15) is 0 Å². The molecule has 1 amide bonds. The number of rotatable bonds is 4. The van der Waals surface area contributed by atoms with E-state index in [9.17, 15) is 4.79 Å². The number of carbonyl (C=O) groups is 1. The third-order valence-electron chi connectivity index (χ3n) is 2.78. The van der Waals surface area contributed by atoms with Crippen molar-refractivity contribution < 1.29 is 4.79 Å². The van der Waals surface area contributed by atoms with Crippen LogP contribution in [-0.4, -0.2) is 17.4 Å². The van der Waals surface area contributed by atoms with E-state index in [1.807, 2.05) is 37.3 Å². The number of nitrogens with one attached hydrogen (secondary N) is 1. The zero-order valence-corrected chi connectivity index (χ0v) is 10.9. The molecule has 2 aromatic rings. The summed E-state index contributed by atoms with van der Waals surface area (Å²) in [6.45, 7) is 2.55. The van der Waals surface area contributed by atoms with Crippen molar-refractivity contribution in [3.63, 3.8) is 0 Å². The van der Waals surface area contributed by atoms with Gasteiger partial charge in [0.05, 0.1) is 11.9 Å². The lowest BCUT2D eigenvalue weighted by molar-refractivity contribution is 0.102. The molecule has 0 aliphatic carbocycles. The zero-order valence-electron chi connectivity index (χ0n) is 10.9. The minimum atomic E-state index is -0.133. The number of hydrogen-bond acceptors (Lipinski definition) is 3. The Morgan fingerprint density at radius 2 is 2.00 bits per heavy atom. The first kappa shape index (κ1) is 13.2. The van der Waals surface area contributed by atoms with E-state index in [0.29, 0.717) is 17.8 Å². The second-order valence-electron chi connectivity index (χ2n) is 4.44. The number of nitrogens with two attached hydrogens (primary N) is 1. The summed E-state index contributed by atoms with van der Waals surface area (Å²) in [7, 11) is 0. The Bertz CT molecular complexity index is 564. The van der Waals surface area contributed by atoms with Gasteiger partial charge < -0.3 is 11.1 Å². The van der Waals surface area contributed by atoms with Crippen LogP contribution in [0.4, 0.5) is 5.69 Å². The van der Waals surface area contributed by atoms with Crippen LogP contribution in [0.25, 0.3) is 0 Å². The fourth-order valence-corrected chi connectivity index (χ4v) is 1.82. The van der Waals surface area contributed by atoms with Crippen molar-refractivity contribution in [1.82, 2.24) is 4.98 Å². The van der Waals surface area contributed by atoms with Gasteiger partial charge in [-0.15, -0.1) is 0 Å². The first-order chi connectivity index (χ1) is 9.19. The number of nitrogens with zero attached hydrogens (tertiary/aromatic N) is 1. The molecule has 0 spiro atoms. The van der Waals surface area contributed by atoms with Crippen molar-refractivity contribution in [3.8, 4) is 0 Å². The summed E-state index contributed by atoms with van der Waals surface area (Å²) in [6, 6.07) is 9.35. The molecule has 4 nitrogen and oxygen atoms in total. The summed E-state index contributed by atoms with van der Waals surface area (Å²) in [6.07, 6.45) is 4.20. The fraction of sp³-hybridized carbons (Fsp3) is 0.200. The van der Waals surface area contributed by atoms with Gasteiger partial charge in [0, 0.05) is 11.8 Å². The lowest BCUT2D eigenvalue weighted by atomic mass is 10.1. The first-order valence-corrected chi connectivity index (χ1v) is 6.21. The van der Waals surface area contributed by atoms with Gasteiger partial charge in [-0.1, -0.05) is 12.1 Å². The molecule has 19 heavy (non-hydrogen) atoms. The highest BCUT2D eigenvalue weighted by Crippen LogP contribution is 2.11. The van der Waals surface area contributed by atoms with E-state index < -0.39 is 0 Å². The van der Waals surface area contributed by atoms with Gasteiger partial charge in [0.25, 0.3) is 5.91 Å². The molecule has 0 aliphatic rings. The Labute approximate surface area is 112 Å². The van der Waals surface area contributed by atoms with Crippen LogP contribution >= 0.6 is 0 Å². The van der Waals surface area contributed by atoms with Crippen molar-refractivity contribution in [3.05, 3.63) is 59.4 Å². The number of hydrogen-bond donors (Lipinski definition) is 2. The van der Waals surface area contributed by atoms with Gasteiger partial charge >= 0.3 is 0 Å². The first-order valence-electron chi connectivity index (χ1n) is 6.21. The molecule has 3 N–H and O–H groups in total. The molecule has 0 fully saturated rings. The lowest BCUT2D eigenvalue weighted by Crippen LogP contribution is -2.12. The zero-order chi connectivity index (χ0) is 13.7. The molecule has 1 heterocycles. The lowest BCUT2D eigenvalue weighted by Gasteiger charge is -2.06. The average molecular weight is 255 g/mol. The Morgan fingerprint density at radius 1 is 1.26 bits per heavy atom. The third-order valence-corrected chi connectivity index (χ3v) is 2.78. The van der Waals surface area contributed by atoms with Crippen molar-refractivity contribution >= 4 is 11.6 Å². The van der Waals surface area contributed by atoms with E-state index in [2.05, 4.69) is 10.3 Å². The second-order valence-corrected chi connectivity index (χ2v) is 4.44. The smallest absolute Gasteiger partial charge is 0.255 e. The minimum absolute atomic E-state index is 0.133. The Balaban J connectivity index is 2.07. The number of benzene rings is 1. The normalized spacial score (nSPS) is 10.2. The predicted molar refractivity (Wildman–Crippen MR) is 76.1 cm³/mol. The molecule has 0 radical (unpaired) electrons. The average Bonchev–Trinajstić information content (AvgIpc) is 2.40. The van der Waals surface area contributed by atoms with Gasteiger partial charge in [-0.25, -0.2) is 0 Å². The fourth-order valence-electron chi connectivity index (χ4n) is 1.82. The topological polar surface area (TPSA) is 68.0 Å². The van der Waals surface area contributed by atoms with E-state index in [0.717, 1.165) is 17.5 Å². The number of anilines is 1. The monoisotopic (exact) mass is 255 g/mol. The molecular weight excluding hydrogens is 238 g/mol. The highest BCUT2D eigenvalue weighted by Gasteiger charge is 2.06. The van der Waals surface area contributed by atoms with Crippen molar-refractivity contribution in [1.29, 1.82) is 0 Å². The summed E-state index contributed by atoms with van der Waals surface area (Å²) >= 11 is 0. The quantitative estimate of drug-likeness (QED) is 0.879. The van der Waals surface area contributed by atoms with Crippen LogP contribution in [0, 0.1) is 6.92 Å². The van der Waals surface area contributed by atoms with Gasteiger partial charge in [0.1, 0.15) is 0 Å². The van der Waals surface area contributed by atoms with Crippen molar-refractivity contribution in [2.45, 2.75) is 13.3 Å². The van der Waals surface area contributed by atoms with E-state index in [4.69, 9.17) is 5.73 Å². The maximum Gasteiger partial charge on any atom is 0.255 e. The number of amides is 1. The van der Waals surface area contributed by atoms with Crippen LogP contribution < -0.4 is 11.1 Å². The molecule has 98 valence electrons. The maximum atomic E-state index is 12.0. The highest BCUT2D eigenvalue weighted by molar-refractivity contribution is 6.04. The molecule has 0 saturated carbocycles. The molecule has 1 aromatic carbocycles. The van der Waals surface area contributed by atoms with Crippen LogP contribution in [0.3, 0.4) is 0 Å². The van der Waals surface area contributed by atoms with E-state index in [-0.39, 0.29) is 5.91 Å². The largest absolute Gasteiger partial charge is 0.330 e. The van der Waals surface area contributed by atoms with Gasteiger partial charge in [-0.05, 0) is 49.2 Å². The molecule has 0 aliphatic heterocycles. The Hall–Kier alpha value is -2.20. The molecule has 1 aromatic heterocycles. The minimum Gasteiger partial charge on any atom is -0.330 e. The Morgan fingerprint density at radius 3 is 2.63 bits per heavy atom. The third kappa shape index (κ3) is 3.63. The molecule has 0 bridgehead atoms. The van der Waals surface area contributed by atoms with Crippen LogP contribution in [0.15, 0.2) is 42.7 Å². The summed E-state index contributed by atoms with van der Waals surface area (Å²) in [4.78, 5) is 16.1. The van der Waals surface area contributed by atoms with E-state index >= 15 is 0 Å². The van der Waals surface area contributed by atoms with Gasteiger partial charge in [-0.3, -0.25) is 9.78 Å². The van der Waals surface area contributed by atoms with Crippen LogP contribution in [0.5, 0.6) is 0 Å². The van der Waals surface area contributed by atoms with Crippen LogP contribution in [0.2, 0.25) is 0 Å². The maximum absolute atomic E-state index is 12.0. The summed E-state index contributed by atoms with van der Waals surface area (Å²) in [5.74, 6) is -0.133. The Kier molecular flexibility index (Phi) is 4.26. The second kappa shape index (κ2) is 6.11. The van der Waals surface area contributed by atoms with E-state index in [1.165, 1.54) is 0 Å². The van der Waals surface area contributed by atoms with Crippen LogP contribution in [0.1, 0.15) is 21.5 Å². The van der Waals surface area contributed by atoms with Crippen molar-refractivity contribution in [2.75, 3.05) is 11.9 Å². The molecule has 2 rings (SSSR count).